The Morgan fingerprint density at radius 1 is 1.17 bits per heavy atom. The molecule has 1 fully saturated rings. The van der Waals surface area contributed by atoms with Crippen molar-refractivity contribution in [2.75, 3.05) is 6.79 Å². The Morgan fingerprint density at radius 3 is 1.75 bits per heavy atom. The van der Waals surface area contributed by atoms with E-state index >= 15 is 0 Å². The van der Waals surface area contributed by atoms with Crippen LogP contribution in [0.3, 0.4) is 0 Å². The van der Waals surface area contributed by atoms with Gasteiger partial charge in [-0.2, -0.15) is 0 Å². The first kappa shape index (κ1) is 11.7. The first-order chi connectivity index (χ1) is 5.39. The maximum atomic E-state index is 9.60. The largest absolute Gasteiger partial charge is 0.702 e. The topological polar surface area (TPSA) is 48.4 Å². The minimum Gasteiger partial charge on any atom is -0.265 e. The van der Waals surface area contributed by atoms with Crippen LogP contribution >= 0.6 is 8.25 Å². The molecule has 1 aliphatic rings. The van der Waals surface area contributed by atoms with Crippen molar-refractivity contribution in [2.45, 2.75) is 0 Å². The average Bonchev–Trinajstić information content (AvgIpc) is 2.05. The van der Waals surface area contributed by atoms with Crippen molar-refractivity contribution in [3.63, 3.8) is 0 Å². The molecule has 0 saturated carbocycles. The minimum absolute atomic E-state index is 0. The number of aromatic nitrogens is 1. The second-order valence-electron chi connectivity index (χ2n) is 1.62. The van der Waals surface area contributed by atoms with E-state index in [9.17, 15) is 4.57 Å². The van der Waals surface area contributed by atoms with Gasteiger partial charge < -0.3 is 0 Å². The van der Waals surface area contributed by atoms with Crippen molar-refractivity contribution >= 4 is 8.25 Å². The van der Waals surface area contributed by atoms with Crippen molar-refractivity contribution in [1.82, 2.24) is 4.98 Å². The van der Waals surface area contributed by atoms with Crippen LogP contribution in [0, 0.1) is 0 Å². The summed E-state index contributed by atoms with van der Waals surface area (Å²) in [5.74, 6) is 0. The molecule has 0 spiro atoms. The third-order valence-electron chi connectivity index (χ3n) is 0.883. The molecule has 1 aromatic rings. The van der Waals surface area contributed by atoms with Gasteiger partial charge in [-0.15, -0.1) is 0 Å². The molecule has 6 heteroatoms. The summed E-state index contributed by atoms with van der Waals surface area (Å²) in [4.78, 5) is 3.78. The van der Waals surface area contributed by atoms with E-state index in [1.165, 1.54) is 0 Å². The monoisotopic (exact) mass is 230 g/mol. The van der Waals surface area contributed by atoms with Crippen LogP contribution in [0.15, 0.2) is 30.6 Å². The molecule has 68 valence electrons. The molecule has 2 rings (SSSR count). The first-order valence-corrected chi connectivity index (χ1v) is 4.07. The minimum atomic E-state index is -1.67. The zero-order valence-corrected chi connectivity index (χ0v) is 7.91. The van der Waals surface area contributed by atoms with Gasteiger partial charge in [-0.25, -0.2) is 0 Å². The van der Waals surface area contributed by atoms with E-state index < -0.39 is 8.25 Å². The van der Waals surface area contributed by atoms with Gasteiger partial charge >= 0.3 is 8.25 Å². The van der Waals surface area contributed by atoms with E-state index in [0.29, 0.717) is 0 Å². The predicted octanol–water partition coefficient (Wildman–Crippen LogP) is 1.73. The zero-order valence-electron chi connectivity index (χ0n) is 6.03. The van der Waals surface area contributed by atoms with E-state index in [0.717, 1.165) is 0 Å². The zero-order chi connectivity index (χ0) is 7.94. The van der Waals surface area contributed by atoms with Gasteiger partial charge in [0.15, 0.2) is 0 Å². The van der Waals surface area contributed by atoms with Crippen LogP contribution in [0.4, 0.5) is 0 Å². The fourth-order valence-electron chi connectivity index (χ4n) is 0.408. The van der Waals surface area contributed by atoms with E-state index in [1.807, 2.05) is 18.2 Å². The fourth-order valence-corrected chi connectivity index (χ4v) is 0.600. The van der Waals surface area contributed by atoms with Gasteiger partial charge in [0.05, 0.1) is 0 Å². The second kappa shape index (κ2) is 7.32. The molecule has 2 heterocycles. The van der Waals surface area contributed by atoms with E-state index in [1.54, 1.807) is 12.4 Å². The van der Waals surface area contributed by atoms with Crippen molar-refractivity contribution in [3.8, 4) is 0 Å². The molecule has 1 aromatic heterocycles. The van der Waals surface area contributed by atoms with Gasteiger partial charge in [-0.1, -0.05) is 15.1 Å². The number of hydrogen-bond donors (Lipinski definition) is 0. The maximum Gasteiger partial charge on any atom is 0.702 e. The van der Waals surface area contributed by atoms with Gasteiger partial charge in [-0.3, -0.25) is 4.98 Å². The summed E-state index contributed by atoms with van der Waals surface area (Å²) in [5, 5.41) is 0. The molecule has 0 aliphatic carbocycles. The maximum absolute atomic E-state index is 9.60. The quantitative estimate of drug-likeness (QED) is 0.503. The van der Waals surface area contributed by atoms with Crippen molar-refractivity contribution in [2.24, 2.45) is 0 Å². The van der Waals surface area contributed by atoms with Crippen LogP contribution < -0.4 is 0 Å². The van der Waals surface area contributed by atoms with Crippen LogP contribution in [-0.4, -0.2) is 11.8 Å². The molecule has 0 amide bonds. The summed E-state index contributed by atoms with van der Waals surface area (Å²) in [6, 6.07) is 5.72. The summed E-state index contributed by atoms with van der Waals surface area (Å²) in [7, 11) is -1.67. The van der Waals surface area contributed by atoms with Crippen LogP contribution in [0.1, 0.15) is 0 Å². The molecular formula is C6H7NNiO3P+. The number of rotatable bonds is 0. The van der Waals surface area contributed by atoms with Crippen molar-refractivity contribution < 1.29 is 30.1 Å². The molecule has 0 unspecified atom stereocenters. The SMILES string of the molecule is O=[P+]1OCO1.[Ni].c1ccncc1. The Balaban J connectivity index is 0.000000189. The van der Waals surface area contributed by atoms with Gasteiger partial charge in [0, 0.05) is 33.5 Å². The van der Waals surface area contributed by atoms with Crippen LogP contribution in [0.25, 0.3) is 0 Å². The standard InChI is InChI=1S/C5H5N.CH2O3P.Ni/c1-2-4-6-5-3-1;2-5-3-1-4-5;/h1-5H;1H2;/q;+1;. The number of nitrogens with zero attached hydrogens (tertiary/aromatic N) is 1. The van der Waals surface area contributed by atoms with Gasteiger partial charge in [0.2, 0.25) is 0 Å². The van der Waals surface area contributed by atoms with Crippen molar-refractivity contribution in [3.05, 3.63) is 30.6 Å². The predicted molar refractivity (Wildman–Crippen MR) is 38.9 cm³/mol. The smallest absolute Gasteiger partial charge is 0.265 e. The summed E-state index contributed by atoms with van der Waals surface area (Å²) in [6.07, 6.45) is 3.50. The average molecular weight is 231 g/mol. The molecule has 1 saturated heterocycles. The van der Waals surface area contributed by atoms with E-state index in [2.05, 4.69) is 14.0 Å². The molecule has 0 N–H and O–H groups in total. The molecule has 0 bridgehead atoms. The third-order valence-corrected chi connectivity index (χ3v) is 1.52. The fraction of sp³-hybridized carbons (Fsp3) is 0.167. The summed E-state index contributed by atoms with van der Waals surface area (Å²) in [6.45, 7) is 0.204. The summed E-state index contributed by atoms with van der Waals surface area (Å²) < 4.78 is 18.0. The summed E-state index contributed by atoms with van der Waals surface area (Å²) >= 11 is 0. The summed E-state index contributed by atoms with van der Waals surface area (Å²) in [5.41, 5.74) is 0. The molecule has 4 nitrogen and oxygen atoms in total. The van der Waals surface area contributed by atoms with Gasteiger partial charge in [0.25, 0.3) is 6.79 Å². The Kier molecular flexibility index (Phi) is 7.11. The molecular weight excluding hydrogens is 224 g/mol. The Bertz CT molecular complexity index is 189. The molecule has 0 aromatic carbocycles. The Morgan fingerprint density at radius 2 is 1.67 bits per heavy atom. The van der Waals surface area contributed by atoms with E-state index in [4.69, 9.17) is 0 Å². The molecule has 1 aliphatic heterocycles. The molecule has 0 radical (unpaired) electrons. The third kappa shape index (κ3) is 5.33. The van der Waals surface area contributed by atoms with Crippen LogP contribution in [0.2, 0.25) is 0 Å². The van der Waals surface area contributed by atoms with E-state index in [-0.39, 0.29) is 23.3 Å². The molecule has 0 atom stereocenters. The Hall–Kier alpha value is -0.336. The normalized spacial score (nSPS) is 13.2. The van der Waals surface area contributed by atoms with Crippen LogP contribution in [0.5, 0.6) is 0 Å². The van der Waals surface area contributed by atoms with Gasteiger partial charge in [0.1, 0.15) is 0 Å². The van der Waals surface area contributed by atoms with Gasteiger partial charge in [-0.05, 0) is 12.1 Å². The number of hydrogen-bond acceptors (Lipinski definition) is 4. The Labute approximate surface area is 81.2 Å². The van der Waals surface area contributed by atoms with Crippen molar-refractivity contribution in [1.29, 1.82) is 0 Å². The number of pyridine rings is 1. The van der Waals surface area contributed by atoms with Crippen LogP contribution in [-0.2, 0) is 30.1 Å². The second-order valence-corrected chi connectivity index (χ2v) is 2.59. The molecule has 12 heavy (non-hydrogen) atoms. The first-order valence-electron chi connectivity index (χ1n) is 2.97.